The normalized spacial score (nSPS) is 19.6. The third-order valence-corrected chi connectivity index (χ3v) is 5.44. The highest BCUT2D eigenvalue weighted by molar-refractivity contribution is 8.82. The number of likely N-dealkylation sites (N-methyl/N-ethyl adjacent to an activating group) is 1. The lowest BCUT2D eigenvalue weighted by molar-refractivity contribution is 0.0543. The maximum Gasteiger partial charge on any atom is 0.187 e. The van der Waals surface area contributed by atoms with Crippen LogP contribution in [0, 0.1) is 0 Å². The highest BCUT2D eigenvalue weighted by atomic mass is 33.1. The molecule has 0 saturated carbocycles. The van der Waals surface area contributed by atoms with E-state index in [0.29, 0.717) is 0 Å². The van der Waals surface area contributed by atoms with Crippen LogP contribution in [0.2, 0.25) is 0 Å². The molecule has 19 heavy (non-hydrogen) atoms. The van der Waals surface area contributed by atoms with Gasteiger partial charge in [0.2, 0.25) is 0 Å². The van der Waals surface area contributed by atoms with Crippen LogP contribution < -0.4 is 0 Å². The van der Waals surface area contributed by atoms with Crippen molar-refractivity contribution in [2.75, 3.05) is 54.4 Å². The SMILES string of the molecule is CCN(CC)N(CCN(C)C)C1=NC(N(C)C)SS1. The van der Waals surface area contributed by atoms with E-state index in [9.17, 15) is 0 Å². The van der Waals surface area contributed by atoms with E-state index >= 15 is 0 Å². The van der Waals surface area contributed by atoms with Crippen LogP contribution >= 0.6 is 21.6 Å². The number of hydrogen-bond donors (Lipinski definition) is 0. The van der Waals surface area contributed by atoms with E-state index in [1.54, 1.807) is 10.8 Å². The van der Waals surface area contributed by atoms with E-state index in [-0.39, 0.29) is 5.50 Å². The Kier molecular flexibility index (Phi) is 7.53. The summed E-state index contributed by atoms with van der Waals surface area (Å²) in [7, 11) is 12.0. The fourth-order valence-electron chi connectivity index (χ4n) is 1.75. The molecule has 0 aromatic heterocycles. The van der Waals surface area contributed by atoms with Crippen molar-refractivity contribution in [2.24, 2.45) is 4.99 Å². The molecule has 1 heterocycles. The van der Waals surface area contributed by atoms with Gasteiger partial charge in [0.15, 0.2) is 10.7 Å². The summed E-state index contributed by atoms with van der Waals surface area (Å²) in [4.78, 5) is 9.18. The first-order chi connectivity index (χ1) is 8.99. The Morgan fingerprint density at radius 1 is 1.05 bits per heavy atom. The van der Waals surface area contributed by atoms with Gasteiger partial charge in [0.05, 0.1) is 0 Å². The predicted molar refractivity (Wildman–Crippen MR) is 88.3 cm³/mol. The zero-order chi connectivity index (χ0) is 14.4. The van der Waals surface area contributed by atoms with Crippen LogP contribution in [-0.2, 0) is 0 Å². The molecule has 1 unspecified atom stereocenters. The number of hydrogen-bond acceptors (Lipinski definition) is 7. The Morgan fingerprint density at radius 3 is 2.11 bits per heavy atom. The van der Waals surface area contributed by atoms with Gasteiger partial charge in [-0.3, -0.25) is 9.91 Å². The summed E-state index contributed by atoms with van der Waals surface area (Å²) in [6.45, 7) is 8.45. The standard InChI is InChI=1S/C12H27N5S2/c1-7-16(8-2)17(10-9-14(3)4)12-13-11(15(5)6)18-19-12/h11H,7-10H2,1-6H3. The van der Waals surface area contributed by atoms with Gasteiger partial charge < -0.3 is 4.90 Å². The van der Waals surface area contributed by atoms with Gasteiger partial charge in [0.1, 0.15) is 0 Å². The molecular formula is C12H27N5S2. The molecule has 0 N–H and O–H groups in total. The topological polar surface area (TPSA) is 25.3 Å². The average molecular weight is 306 g/mol. The maximum atomic E-state index is 4.82. The van der Waals surface area contributed by atoms with Gasteiger partial charge in [-0.05, 0) is 49.8 Å². The minimum absolute atomic E-state index is 0.234. The Hall–Kier alpha value is 0.0500. The van der Waals surface area contributed by atoms with Crippen molar-refractivity contribution in [1.82, 2.24) is 19.8 Å². The zero-order valence-corrected chi connectivity index (χ0v) is 14.6. The summed E-state index contributed by atoms with van der Waals surface area (Å²) in [5.41, 5.74) is 0.234. The summed E-state index contributed by atoms with van der Waals surface area (Å²) in [5, 5.41) is 5.82. The molecule has 1 atom stereocenters. The highest BCUT2D eigenvalue weighted by Gasteiger charge is 2.27. The first kappa shape index (κ1) is 17.1. The zero-order valence-electron chi connectivity index (χ0n) is 13.0. The molecule has 1 aliphatic heterocycles. The van der Waals surface area contributed by atoms with Gasteiger partial charge in [-0.25, -0.2) is 10.0 Å². The van der Waals surface area contributed by atoms with Crippen molar-refractivity contribution in [1.29, 1.82) is 0 Å². The van der Waals surface area contributed by atoms with Crippen LogP contribution in [0.4, 0.5) is 0 Å². The molecule has 0 amide bonds. The molecule has 5 nitrogen and oxygen atoms in total. The second-order valence-corrected chi connectivity index (χ2v) is 7.17. The molecule has 0 bridgehead atoms. The number of nitrogens with zero attached hydrogens (tertiary/aromatic N) is 5. The lowest BCUT2D eigenvalue weighted by atomic mass is 10.5. The first-order valence-electron chi connectivity index (χ1n) is 6.74. The Balaban J connectivity index is 2.75. The van der Waals surface area contributed by atoms with Gasteiger partial charge >= 0.3 is 0 Å². The Morgan fingerprint density at radius 2 is 1.68 bits per heavy atom. The summed E-state index contributed by atoms with van der Waals surface area (Å²) in [5.74, 6) is 0. The van der Waals surface area contributed by atoms with Gasteiger partial charge in [0, 0.05) is 26.2 Å². The van der Waals surface area contributed by atoms with Gasteiger partial charge in [0.25, 0.3) is 0 Å². The van der Waals surface area contributed by atoms with Crippen molar-refractivity contribution in [2.45, 2.75) is 19.3 Å². The van der Waals surface area contributed by atoms with Gasteiger partial charge in [-0.2, -0.15) is 0 Å². The summed E-state index contributed by atoms with van der Waals surface area (Å²) >= 11 is 0. The minimum Gasteiger partial charge on any atom is -0.308 e. The number of aliphatic imine (C=N–C) groups is 1. The Labute approximate surface area is 125 Å². The van der Waals surface area contributed by atoms with E-state index in [1.165, 1.54) is 0 Å². The van der Waals surface area contributed by atoms with E-state index in [2.05, 4.69) is 61.9 Å². The summed E-state index contributed by atoms with van der Waals surface area (Å²) in [6.07, 6.45) is 0. The average Bonchev–Trinajstić information content (AvgIpc) is 2.83. The van der Waals surface area contributed by atoms with Crippen molar-refractivity contribution in [3.8, 4) is 0 Å². The molecule has 0 radical (unpaired) electrons. The van der Waals surface area contributed by atoms with Crippen molar-refractivity contribution in [3.63, 3.8) is 0 Å². The predicted octanol–water partition coefficient (Wildman–Crippen LogP) is 1.70. The van der Waals surface area contributed by atoms with Crippen LogP contribution in [0.3, 0.4) is 0 Å². The maximum absolute atomic E-state index is 4.82. The highest BCUT2D eigenvalue weighted by Crippen LogP contribution is 2.38. The van der Waals surface area contributed by atoms with Gasteiger partial charge in [-0.1, -0.05) is 13.8 Å². The van der Waals surface area contributed by atoms with E-state index in [1.807, 2.05) is 10.8 Å². The van der Waals surface area contributed by atoms with E-state index in [4.69, 9.17) is 4.99 Å². The van der Waals surface area contributed by atoms with Crippen LogP contribution in [0.25, 0.3) is 0 Å². The van der Waals surface area contributed by atoms with Crippen LogP contribution in [0.1, 0.15) is 13.8 Å². The minimum atomic E-state index is 0.234. The number of hydrazine groups is 1. The van der Waals surface area contributed by atoms with Crippen molar-refractivity contribution >= 4 is 26.8 Å². The quantitative estimate of drug-likeness (QED) is 0.524. The van der Waals surface area contributed by atoms with Gasteiger partial charge in [-0.15, -0.1) is 0 Å². The molecule has 112 valence electrons. The van der Waals surface area contributed by atoms with E-state index < -0.39 is 0 Å². The van der Waals surface area contributed by atoms with Crippen molar-refractivity contribution in [3.05, 3.63) is 0 Å². The third-order valence-electron chi connectivity index (χ3n) is 2.92. The molecule has 0 aromatic rings. The molecular weight excluding hydrogens is 278 g/mol. The first-order valence-corrected chi connectivity index (χ1v) is 8.95. The fourth-order valence-corrected chi connectivity index (χ4v) is 4.29. The molecule has 0 spiro atoms. The molecule has 7 heteroatoms. The molecule has 1 aliphatic rings. The largest absolute Gasteiger partial charge is 0.308 e. The monoisotopic (exact) mass is 305 g/mol. The molecule has 0 aromatic carbocycles. The Bertz CT molecular complexity index is 292. The smallest absolute Gasteiger partial charge is 0.187 e. The summed E-state index contributed by atoms with van der Waals surface area (Å²) < 4.78 is 0. The fraction of sp³-hybridized carbons (Fsp3) is 0.917. The second kappa shape index (κ2) is 8.36. The number of rotatable bonds is 7. The third kappa shape index (κ3) is 5.15. The number of amidine groups is 1. The van der Waals surface area contributed by atoms with Crippen LogP contribution in [0.5, 0.6) is 0 Å². The van der Waals surface area contributed by atoms with Crippen LogP contribution in [0.15, 0.2) is 4.99 Å². The molecule has 0 fully saturated rings. The lowest BCUT2D eigenvalue weighted by Gasteiger charge is -2.35. The molecule has 0 saturated heterocycles. The van der Waals surface area contributed by atoms with Crippen molar-refractivity contribution < 1.29 is 0 Å². The lowest BCUT2D eigenvalue weighted by Crippen LogP contribution is -2.47. The molecule has 1 rings (SSSR count). The van der Waals surface area contributed by atoms with Crippen LogP contribution in [-0.4, -0.2) is 84.9 Å². The second-order valence-electron chi connectivity index (χ2n) is 4.95. The van der Waals surface area contributed by atoms with E-state index in [0.717, 1.165) is 31.3 Å². The molecule has 0 aliphatic carbocycles. The summed E-state index contributed by atoms with van der Waals surface area (Å²) in [6, 6.07) is 0.